The van der Waals surface area contributed by atoms with Crippen LogP contribution >= 0.6 is 11.6 Å². The van der Waals surface area contributed by atoms with E-state index >= 15 is 0 Å². The van der Waals surface area contributed by atoms with Gasteiger partial charge in [-0.15, -0.1) is 0 Å². The molecule has 0 spiro atoms. The van der Waals surface area contributed by atoms with Crippen LogP contribution in [0.25, 0.3) is 44.4 Å². The lowest BCUT2D eigenvalue weighted by Gasteiger charge is -2.31. The number of benzene rings is 6. The highest BCUT2D eigenvalue weighted by Crippen LogP contribution is 2.54. The Morgan fingerprint density at radius 3 is 1.82 bits per heavy atom. The average Bonchev–Trinajstić information content (AvgIpc) is 3.39. The SMILES string of the molecule is Clc1cc2c3c(c(C4=NCCCCN4)c(-c4ccccc4)c(-c4ccccc4)c3c1)OC(c1ccccc1)=C2c1ccccc1. The van der Waals surface area contributed by atoms with Gasteiger partial charge in [0.05, 0.1) is 5.56 Å². The molecule has 0 aromatic heterocycles. The minimum absolute atomic E-state index is 0.681. The number of hydrogen-bond donors (Lipinski definition) is 1. The molecule has 0 bridgehead atoms. The monoisotopic (exact) mass is 602 g/mol. The van der Waals surface area contributed by atoms with Crippen LogP contribution in [0.1, 0.15) is 35.1 Å². The number of nitrogens with one attached hydrogen (secondary N) is 1. The van der Waals surface area contributed by atoms with Crippen LogP contribution in [-0.4, -0.2) is 18.9 Å². The largest absolute Gasteiger partial charge is 0.455 e. The molecule has 0 saturated heterocycles. The van der Waals surface area contributed by atoms with Crippen molar-refractivity contribution in [1.29, 1.82) is 0 Å². The quantitative estimate of drug-likeness (QED) is 0.213. The number of hydrogen-bond acceptors (Lipinski definition) is 3. The van der Waals surface area contributed by atoms with E-state index in [0.717, 1.165) is 104 Å². The lowest BCUT2D eigenvalue weighted by atomic mass is 9.80. The smallest absolute Gasteiger partial charge is 0.147 e. The molecule has 2 aliphatic rings. The highest BCUT2D eigenvalue weighted by molar-refractivity contribution is 6.33. The Kier molecular flexibility index (Phi) is 7.17. The van der Waals surface area contributed by atoms with Crippen LogP contribution in [0.15, 0.2) is 138 Å². The zero-order valence-corrected chi connectivity index (χ0v) is 25.5. The maximum Gasteiger partial charge on any atom is 0.147 e. The first-order chi connectivity index (χ1) is 22.3. The van der Waals surface area contributed by atoms with E-state index in [1.807, 2.05) is 12.1 Å². The van der Waals surface area contributed by atoms with E-state index in [1.54, 1.807) is 0 Å². The van der Waals surface area contributed by atoms with E-state index in [2.05, 4.69) is 127 Å². The number of rotatable bonds is 5. The molecule has 0 saturated carbocycles. The summed E-state index contributed by atoms with van der Waals surface area (Å²) in [4.78, 5) is 5.16. The van der Waals surface area contributed by atoms with Gasteiger partial charge in [-0.05, 0) is 58.2 Å². The summed E-state index contributed by atoms with van der Waals surface area (Å²) in [7, 11) is 0. The zero-order valence-electron chi connectivity index (χ0n) is 24.8. The molecule has 2 aliphatic heterocycles. The molecule has 6 aromatic rings. The fourth-order valence-corrected chi connectivity index (χ4v) is 6.91. The maximum absolute atomic E-state index is 7.29. The molecule has 0 atom stereocenters. The van der Waals surface area contributed by atoms with Gasteiger partial charge in [0, 0.05) is 40.2 Å². The third-order valence-electron chi connectivity index (χ3n) is 8.63. The van der Waals surface area contributed by atoms with E-state index < -0.39 is 0 Å². The van der Waals surface area contributed by atoms with Crippen molar-refractivity contribution >= 4 is 39.5 Å². The Labute approximate surface area is 268 Å². The summed E-state index contributed by atoms with van der Waals surface area (Å²) in [6, 6.07) is 46.3. The molecule has 1 N–H and O–H groups in total. The predicted molar refractivity (Wildman–Crippen MR) is 188 cm³/mol. The van der Waals surface area contributed by atoms with Crippen LogP contribution in [0.2, 0.25) is 5.02 Å². The number of ether oxygens (including phenoxy) is 1. The van der Waals surface area contributed by atoms with Crippen LogP contribution in [0.4, 0.5) is 0 Å². The van der Waals surface area contributed by atoms with Crippen molar-refractivity contribution in [1.82, 2.24) is 5.32 Å². The summed E-state index contributed by atoms with van der Waals surface area (Å²) < 4.78 is 7.29. The normalized spacial score (nSPS) is 14.4. The van der Waals surface area contributed by atoms with Crippen molar-refractivity contribution in [3.63, 3.8) is 0 Å². The molecule has 3 nitrogen and oxygen atoms in total. The van der Waals surface area contributed by atoms with Gasteiger partial charge in [0.1, 0.15) is 17.3 Å². The van der Waals surface area contributed by atoms with E-state index in [9.17, 15) is 0 Å². The topological polar surface area (TPSA) is 33.6 Å². The lowest BCUT2D eigenvalue weighted by Crippen LogP contribution is -2.26. The highest BCUT2D eigenvalue weighted by atomic mass is 35.5. The number of amidine groups is 1. The first-order valence-corrected chi connectivity index (χ1v) is 15.9. The molecular formula is C41H31ClN2O. The molecule has 2 heterocycles. The van der Waals surface area contributed by atoms with Gasteiger partial charge in [0.25, 0.3) is 0 Å². The van der Waals surface area contributed by atoms with E-state index in [1.165, 1.54) is 0 Å². The third kappa shape index (κ3) is 4.90. The Balaban J connectivity index is 1.59. The second-order valence-electron chi connectivity index (χ2n) is 11.5. The molecule has 4 heteroatoms. The third-order valence-corrected chi connectivity index (χ3v) is 8.85. The van der Waals surface area contributed by atoms with Crippen LogP contribution < -0.4 is 10.1 Å². The average molecular weight is 603 g/mol. The highest BCUT2D eigenvalue weighted by Gasteiger charge is 2.33. The van der Waals surface area contributed by atoms with Crippen molar-refractivity contribution < 1.29 is 4.74 Å². The van der Waals surface area contributed by atoms with Gasteiger partial charge in [-0.1, -0.05) is 133 Å². The van der Waals surface area contributed by atoms with E-state index in [0.29, 0.717) is 5.02 Å². The Hall–Kier alpha value is -5.12. The van der Waals surface area contributed by atoms with Gasteiger partial charge >= 0.3 is 0 Å². The fourth-order valence-electron chi connectivity index (χ4n) is 6.69. The fraction of sp³-hybridized carbons (Fsp3) is 0.0976. The van der Waals surface area contributed by atoms with Crippen molar-refractivity contribution in [3.05, 3.63) is 161 Å². The van der Waals surface area contributed by atoms with Crippen LogP contribution in [-0.2, 0) is 0 Å². The van der Waals surface area contributed by atoms with Crippen LogP contribution in [0, 0.1) is 0 Å². The van der Waals surface area contributed by atoms with E-state index in [4.69, 9.17) is 21.3 Å². The van der Waals surface area contributed by atoms with E-state index in [-0.39, 0.29) is 0 Å². The van der Waals surface area contributed by atoms with Crippen molar-refractivity contribution in [2.24, 2.45) is 4.99 Å². The molecule has 0 aliphatic carbocycles. The summed E-state index contributed by atoms with van der Waals surface area (Å²) in [5.74, 6) is 2.48. The van der Waals surface area contributed by atoms with Gasteiger partial charge in [-0.2, -0.15) is 0 Å². The minimum Gasteiger partial charge on any atom is -0.455 e. The summed E-state index contributed by atoms with van der Waals surface area (Å²) in [5, 5.41) is 6.48. The first kappa shape index (κ1) is 27.4. The van der Waals surface area contributed by atoms with Gasteiger partial charge < -0.3 is 10.1 Å². The Morgan fingerprint density at radius 2 is 1.18 bits per heavy atom. The lowest BCUT2D eigenvalue weighted by molar-refractivity contribution is 0.518. The van der Waals surface area contributed by atoms with Crippen LogP contribution in [0.3, 0.4) is 0 Å². The van der Waals surface area contributed by atoms with Gasteiger partial charge in [-0.25, -0.2) is 0 Å². The Bertz CT molecular complexity index is 2090. The molecule has 6 aromatic carbocycles. The number of nitrogens with zero attached hydrogens (tertiary/aromatic N) is 1. The predicted octanol–water partition coefficient (Wildman–Crippen LogP) is 10.3. The van der Waals surface area contributed by atoms with Crippen LogP contribution in [0.5, 0.6) is 5.75 Å². The standard InChI is InChI=1S/C41H31ClN2O/c42-31-25-32-34(27-15-5-1-6-16-27)36(29-19-9-3-10-20-29)38(41-43-23-13-14-24-44-41)40-37(32)33(26-31)35(28-17-7-2-8-18-28)39(45-40)30-21-11-4-12-22-30/h1-12,15-22,25-26H,13-14,23-24H2,(H,43,44). The molecule has 8 rings (SSSR count). The molecule has 218 valence electrons. The molecule has 0 fully saturated rings. The summed E-state index contributed by atoms with van der Waals surface area (Å²) >= 11 is 7.09. The molecule has 45 heavy (non-hydrogen) atoms. The minimum atomic E-state index is 0.681. The molecular weight excluding hydrogens is 572 g/mol. The molecule has 0 amide bonds. The first-order valence-electron chi connectivity index (χ1n) is 15.5. The zero-order chi connectivity index (χ0) is 30.2. The maximum atomic E-state index is 7.29. The van der Waals surface area contributed by atoms with Crippen molar-refractivity contribution in [3.8, 4) is 28.0 Å². The second kappa shape index (κ2) is 11.8. The molecule has 0 radical (unpaired) electrons. The van der Waals surface area contributed by atoms with Crippen molar-refractivity contribution in [2.75, 3.05) is 13.1 Å². The molecule has 0 unspecified atom stereocenters. The second-order valence-corrected chi connectivity index (χ2v) is 11.9. The Morgan fingerprint density at radius 1 is 0.600 bits per heavy atom. The summed E-state index contributed by atoms with van der Waals surface area (Å²) in [6.07, 6.45) is 2.11. The number of halogens is 1. The summed E-state index contributed by atoms with van der Waals surface area (Å²) in [5.41, 5.74) is 9.56. The van der Waals surface area contributed by atoms with Gasteiger partial charge in [-0.3, -0.25) is 4.99 Å². The van der Waals surface area contributed by atoms with Gasteiger partial charge in [0.15, 0.2) is 0 Å². The number of aliphatic imine (C=N–C) groups is 1. The van der Waals surface area contributed by atoms with Gasteiger partial charge in [0.2, 0.25) is 0 Å². The van der Waals surface area contributed by atoms with Crippen molar-refractivity contribution in [2.45, 2.75) is 12.8 Å². The summed E-state index contributed by atoms with van der Waals surface area (Å²) in [6.45, 7) is 1.62.